The summed E-state index contributed by atoms with van der Waals surface area (Å²) >= 11 is 1.70. The van der Waals surface area contributed by atoms with Crippen molar-refractivity contribution in [2.24, 2.45) is 11.7 Å². The summed E-state index contributed by atoms with van der Waals surface area (Å²) in [6, 6.07) is 17.8. The summed E-state index contributed by atoms with van der Waals surface area (Å²) in [4.78, 5) is 20.0. The summed E-state index contributed by atoms with van der Waals surface area (Å²) < 4.78 is 1.18. The molecule has 4 nitrogen and oxygen atoms in total. The van der Waals surface area contributed by atoms with Gasteiger partial charge in [0.25, 0.3) is 0 Å². The molecule has 0 aliphatic carbocycles. The summed E-state index contributed by atoms with van der Waals surface area (Å²) in [5, 5.41) is 1.04. The Morgan fingerprint density at radius 2 is 1.92 bits per heavy atom. The molecule has 1 aromatic heterocycles. The van der Waals surface area contributed by atoms with Gasteiger partial charge in [-0.2, -0.15) is 0 Å². The predicted octanol–water partition coefficient (Wildman–Crippen LogP) is 4.30. The van der Waals surface area contributed by atoms with Crippen LogP contribution in [0.4, 0.5) is 0 Å². The zero-order valence-corrected chi connectivity index (χ0v) is 15.7. The summed E-state index contributed by atoms with van der Waals surface area (Å²) in [6.45, 7) is 2.72. The SMILES string of the molecule is CC(C(=O)N1CCCC1c1nc2ccccc2s1)C(N)c1ccccc1. The number of thiazole rings is 1. The highest BCUT2D eigenvalue weighted by Crippen LogP contribution is 2.38. The van der Waals surface area contributed by atoms with Crippen molar-refractivity contribution in [1.29, 1.82) is 0 Å². The molecule has 26 heavy (non-hydrogen) atoms. The Morgan fingerprint density at radius 1 is 1.19 bits per heavy atom. The van der Waals surface area contributed by atoms with Crippen LogP contribution in [0.3, 0.4) is 0 Å². The largest absolute Gasteiger partial charge is 0.333 e. The minimum Gasteiger partial charge on any atom is -0.333 e. The molecule has 5 heteroatoms. The van der Waals surface area contributed by atoms with Crippen molar-refractivity contribution < 1.29 is 4.79 Å². The first-order valence-electron chi connectivity index (χ1n) is 9.11. The molecule has 1 aliphatic rings. The van der Waals surface area contributed by atoms with E-state index in [0.717, 1.165) is 35.5 Å². The summed E-state index contributed by atoms with van der Waals surface area (Å²) in [5.41, 5.74) is 8.41. The lowest BCUT2D eigenvalue weighted by Gasteiger charge is -2.29. The van der Waals surface area contributed by atoms with Gasteiger partial charge in [-0.05, 0) is 30.5 Å². The topological polar surface area (TPSA) is 59.2 Å². The molecule has 3 unspecified atom stereocenters. The van der Waals surface area contributed by atoms with Gasteiger partial charge in [0.05, 0.1) is 22.2 Å². The van der Waals surface area contributed by atoms with Crippen LogP contribution in [-0.2, 0) is 4.79 Å². The number of nitrogens with two attached hydrogens (primary N) is 1. The van der Waals surface area contributed by atoms with Gasteiger partial charge in [-0.25, -0.2) is 4.98 Å². The Balaban J connectivity index is 1.56. The second kappa shape index (κ2) is 7.17. The van der Waals surface area contributed by atoms with E-state index in [1.165, 1.54) is 4.70 Å². The van der Waals surface area contributed by atoms with Crippen LogP contribution in [0.15, 0.2) is 54.6 Å². The molecule has 2 N–H and O–H groups in total. The molecule has 0 radical (unpaired) electrons. The smallest absolute Gasteiger partial charge is 0.227 e. The Hall–Kier alpha value is -2.24. The minimum atomic E-state index is -0.291. The van der Waals surface area contributed by atoms with Gasteiger partial charge < -0.3 is 10.6 Å². The third kappa shape index (κ3) is 3.13. The molecular formula is C21H23N3OS. The first-order valence-corrected chi connectivity index (χ1v) is 9.93. The second-order valence-electron chi connectivity index (χ2n) is 6.93. The maximum atomic E-state index is 13.2. The molecule has 1 fully saturated rings. The number of carbonyl (C=O) groups excluding carboxylic acids is 1. The average Bonchev–Trinajstić information content (AvgIpc) is 3.33. The van der Waals surface area contributed by atoms with Crippen molar-refractivity contribution in [2.45, 2.75) is 31.8 Å². The molecule has 3 atom stereocenters. The molecule has 3 aromatic rings. The number of para-hydroxylation sites is 1. The molecule has 134 valence electrons. The highest BCUT2D eigenvalue weighted by Gasteiger charge is 2.36. The monoisotopic (exact) mass is 365 g/mol. The van der Waals surface area contributed by atoms with E-state index in [-0.39, 0.29) is 23.9 Å². The van der Waals surface area contributed by atoms with E-state index in [2.05, 4.69) is 6.07 Å². The number of hydrogen-bond donors (Lipinski definition) is 1. The number of aromatic nitrogens is 1. The number of nitrogens with zero attached hydrogens (tertiary/aromatic N) is 2. The fourth-order valence-electron chi connectivity index (χ4n) is 3.70. The molecule has 2 heterocycles. The van der Waals surface area contributed by atoms with E-state index in [1.54, 1.807) is 11.3 Å². The van der Waals surface area contributed by atoms with E-state index < -0.39 is 0 Å². The van der Waals surface area contributed by atoms with Crippen molar-refractivity contribution in [3.8, 4) is 0 Å². The van der Waals surface area contributed by atoms with Crippen LogP contribution in [0.1, 0.15) is 42.4 Å². The van der Waals surface area contributed by atoms with Gasteiger partial charge in [-0.3, -0.25) is 4.79 Å². The van der Waals surface area contributed by atoms with Crippen LogP contribution in [0, 0.1) is 5.92 Å². The van der Waals surface area contributed by atoms with Gasteiger partial charge >= 0.3 is 0 Å². The number of carbonyl (C=O) groups is 1. The molecule has 4 rings (SSSR count). The molecule has 1 amide bonds. The maximum Gasteiger partial charge on any atom is 0.227 e. The maximum absolute atomic E-state index is 13.2. The number of benzene rings is 2. The van der Waals surface area contributed by atoms with Crippen molar-refractivity contribution in [2.75, 3.05) is 6.54 Å². The highest BCUT2D eigenvalue weighted by atomic mass is 32.1. The van der Waals surface area contributed by atoms with Crippen LogP contribution >= 0.6 is 11.3 Å². The van der Waals surface area contributed by atoms with Crippen LogP contribution in [0.2, 0.25) is 0 Å². The molecule has 0 spiro atoms. The van der Waals surface area contributed by atoms with Crippen LogP contribution in [0.5, 0.6) is 0 Å². The predicted molar refractivity (Wildman–Crippen MR) is 106 cm³/mol. The lowest BCUT2D eigenvalue weighted by Crippen LogP contribution is -2.39. The first-order chi connectivity index (χ1) is 12.6. The Kier molecular flexibility index (Phi) is 4.74. The van der Waals surface area contributed by atoms with E-state index in [4.69, 9.17) is 10.7 Å². The Morgan fingerprint density at radius 3 is 2.69 bits per heavy atom. The van der Waals surface area contributed by atoms with Crippen LogP contribution in [0.25, 0.3) is 10.2 Å². The van der Waals surface area contributed by atoms with Gasteiger partial charge in [0.15, 0.2) is 0 Å². The van der Waals surface area contributed by atoms with Crippen LogP contribution < -0.4 is 5.73 Å². The van der Waals surface area contributed by atoms with Crippen molar-refractivity contribution >= 4 is 27.5 Å². The highest BCUT2D eigenvalue weighted by molar-refractivity contribution is 7.18. The number of amides is 1. The van der Waals surface area contributed by atoms with Gasteiger partial charge in [-0.15, -0.1) is 11.3 Å². The fourth-order valence-corrected chi connectivity index (χ4v) is 4.81. The summed E-state index contributed by atoms with van der Waals surface area (Å²) in [6.07, 6.45) is 1.98. The van der Waals surface area contributed by atoms with Crippen molar-refractivity contribution in [3.05, 3.63) is 65.2 Å². The molecule has 0 saturated carbocycles. The van der Waals surface area contributed by atoms with Crippen molar-refractivity contribution in [3.63, 3.8) is 0 Å². The summed E-state index contributed by atoms with van der Waals surface area (Å²) in [5.74, 6) is -0.129. The lowest BCUT2D eigenvalue weighted by molar-refractivity contribution is -0.136. The van der Waals surface area contributed by atoms with E-state index >= 15 is 0 Å². The molecule has 2 aromatic carbocycles. The van der Waals surface area contributed by atoms with Gasteiger partial charge in [0.2, 0.25) is 5.91 Å². The summed E-state index contributed by atoms with van der Waals surface area (Å²) in [7, 11) is 0. The first kappa shape index (κ1) is 17.2. The third-order valence-corrected chi connectivity index (χ3v) is 6.38. The Labute approximate surface area is 157 Å². The standard InChI is InChI=1S/C21H23N3OS/c1-14(19(22)15-8-3-2-4-9-15)21(25)24-13-7-11-17(24)20-23-16-10-5-6-12-18(16)26-20/h2-6,8-10,12,14,17,19H,7,11,13,22H2,1H3. The van der Waals surface area contributed by atoms with E-state index in [1.807, 2.05) is 60.4 Å². The molecule has 1 aliphatic heterocycles. The number of likely N-dealkylation sites (tertiary alicyclic amines) is 1. The van der Waals surface area contributed by atoms with E-state index in [9.17, 15) is 4.79 Å². The fraction of sp³-hybridized carbons (Fsp3) is 0.333. The second-order valence-corrected chi connectivity index (χ2v) is 8.00. The van der Waals surface area contributed by atoms with Gasteiger partial charge in [-0.1, -0.05) is 49.4 Å². The normalized spacial score (nSPS) is 19.6. The van der Waals surface area contributed by atoms with E-state index in [0.29, 0.717) is 0 Å². The average molecular weight is 366 g/mol. The van der Waals surface area contributed by atoms with Crippen LogP contribution in [-0.4, -0.2) is 22.3 Å². The third-order valence-electron chi connectivity index (χ3n) is 5.24. The zero-order valence-electron chi connectivity index (χ0n) is 14.8. The molecular weight excluding hydrogens is 342 g/mol. The number of fused-ring (bicyclic) bond motifs is 1. The minimum absolute atomic E-state index is 0.0744. The quantitative estimate of drug-likeness (QED) is 0.750. The zero-order chi connectivity index (χ0) is 18.1. The van der Waals surface area contributed by atoms with Crippen molar-refractivity contribution in [1.82, 2.24) is 9.88 Å². The Bertz CT molecular complexity index is 875. The molecule has 0 bridgehead atoms. The number of rotatable bonds is 4. The molecule has 1 saturated heterocycles. The number of hydrogen-bond acceptors (Lipinski definition) is 4. The lowest BCUT2D eigenvalue weighted by atomic mass is 9.94. The van der Waals surface area contributed by atoms with Gasteiger partial charge in [0, 0.05) is 12.6 Å². The van der Waals surface area contributed by atoms with Gasteiger partial charge in [0.1, 0.15) is 5.01 Å².